The number of anilines is 1. The minimum Gasteiger partial charge on any atom is -0.454 e. The third-order valence-corrected chi connectivity index (χ3v) is 7.49. The van der Waals surface area contributed by atoms with Gasteiger partial charge < -0.3 is 24.4 Å². The van der Waals surface area contributed by atoms with Crippen molar-refractivity contribution in [3.8, 4) is 11.5 Å². The van der Waals surface area contributed by atoms with Crippen LogP contribution in [0.25, 0.3) is 0 Å². The Labute approximate surface area is 198 Å². The second-order valence-corrected chi connectivity index (χ2v) is 10.4. The third-order valence-electron chi connectivity index (χ3n) is 5.67. The van der Waals surface area contributed by atoms with Gasteiger partial charge in [-0.25, -0.2) is 17.5 Å². The molecule has 0 aliphatic carbocycles. The molecule has 0 unspecified atom stereocenters. The van der Waals surface area contributed by atoms with Crippen LogP contribution in [0.1, 0.15) is 28.8 Å². The van der Waals surface area contributed by atoms with Crippen LogP contribution in [0.4, 0.5) is 5.69 Å². The number of sulfonamides is 1. The first kappa shape index (κ1) is 23.8. The molecule has 34 heavy (non-hydrogen) atoms. The van der Waals surface area contributed by atoms with Crippen LogP contribution in [0.5, 0.6) is 11.5 Å². The summed E-state index contributed by atoms with van der Waals surface area (Å²) in [6.07, 6.45) is 1.96. The number of esters is 1. The molecule has 0 bridgehead atoms. The molecule has 0 radical (unpaired) electrons. The van der Waals surface area contributed by atoms with Gasteiger partial charge in [-0.1, -0.05) is 6.07 Å². The molecular formula is C23H27N3O7S. The molecular weight excluding hydrogens is 462 g/mol. The summed E-state index contributed by atoms with van der Waals surface area (Å²) in [5.41, 5.74) is 1.52. The van der Waals surface area contributed by atoms with Crippen LogP contribution in [0, 0.1) is 0 Å². The fourth-order valence-electron chi connectivity index (χ4n) is 3.80. The molecule has 4 rings (SSSR count). The largest absolute Gasteiger partial charge is 0.454 e. The smallest absolute Gasteiger partial charge is 0.340 e. The van der Waals surface area contributed by atoms with E-state index >= 15 is 0 Å². The lowest BCUT2D eigenvalue weighted by atomic mass is 10.1. The Balaban J connectivity index is 1.43. The van der Waals surface area contributed by atoms with E-state index in [0.29, 0.717) is 17.2 Å². The average molecular weight is 490 g/mol. The zero-order valence-corrected chi connectivity index (χ0v) is 19.9. The van der Waals surface area contributed by atoms with Gasteiger partial charge in [0.05, 0.1) is 16.1 Å². The number of amides is 1. The second kappa shape index (κ2) is 9.90. The number of ether oxygens (including phenoxy) is 3. The van der Waals surface area contributed by atoms with Crippen LogP contribution in [0.2, 0.25) is 0 Å². The minimum atomic E-state index is -3.74. The fourth-order valence-corrected chi connectivity index (χ4v) is 4.72. The summed E-state index contributed by atoms with van der Waals surface area (Å²) < 4.78 is 42.1. The predicted octanol–water partition coefficient (Wildman–Crippen LogP) is 1.74. The quantitative estimate of drug-likeness (QED) is 0.558. The van der Waals surface area contributed by atoms with E-state index in [1.54, 1.807) is 24.3 Å². The van der Waals surface area contributed by atoms with Crippen LogP contribution in [-0.4, -0.2) is 65.2 Å². The van der Waals surface area contributed by atoms with Gasteiger partial charge in [-0.2, -0.15) is 0 Å². The molecule has 0 spiro atoms. The van der Waals surface area contributed by atoms with E-state index in [9.17, 15) is 18.0 Å². The Hall–Kier alpha value is -3.31. The maximum absolute atomic E-state index is 12.9. The lowest BCUT2D eigenvalue weighted by Gasteiger charge is -2.22. The summed E-state index contributed by atoms with van der Waals surface area (Å²) in [5.74, 6) is 0.0262. The summed E-state index contributed by atoms with van der Waals surface area (Å²) in [6, 6.07) is 9.76. The van der Waals surface area contributed by atoms with Gasteiger partial charge in [-0.15, -0.1) is 0 Å². The van der Waals surface area contributed by atoms with Gasteiger partial charge in [-0.05, 0) is 48.7 Å². The Kier molecular flexibility index (Phi) is 6.94. The van der Waals surface area contributed by atoms with Crippen LogP contribution in [0.15, 0.2) is 41.3 Å². The van der Waals surface area contributed by atoms with Crippen molar-refractivity contribution in [1.29, 1.82) is 0 Å². The highest BCUT2D eigenvalue weighted by Gasteiger charge is 2.25. The fraction of sp³-hybridized carbons (Fsp3) is 0.391. The maximum atomic E-state index is 12.9. The number of nitrogens with zero attached hydrogens (tertiary/aromatic N) is 2. The van der Waals surface area contributed by atoms with E-state index < -0.39 is 28.5 Å². The number of hydrogen-bond donors (Lipinski definition) is 1. The summed E-state index contributed by atoms with van der Waals surface area (Å²) >= 11 is 0. The highest BCUT2D eigenvalue weighted by molar-refractivity contribution is 7.89. The van der Waals surface area contributed by atoms with Crippen molar-refractivity contribution in [2.75, 3.05) is 45.5 Å². The van der Waals surface area contributed by atoms with Crippen LogP contribution >= 0.6 is 0 Å². The van der Waals surface area contributed by atoms with Gasteiger partial charge in [0, 0.05) is 33.7 Å². The van der Waals surface area contributed by atoms with E-state index in [1.807, 2.05) is 4.90 Å². The molecule has 0 atom stereocenters. The Bertz CT molecular complexity index is 1190. The molecule has 1 fully saturated rings. The Morgan fingerprint density at radius 1 is 1.06 bits per heavy atom. The van der Waals surface area contributed by atoms with Gasteiger partial charge in [0.15, 0.2) is 18.1 Å². The van der Waals surface area contributed by atoms with Crippen molar-refractivity contribution in [3.05, 3.63) is 47.5 Å². The number of fused-ring (bicyclic) bond motifs is 1. The first-order chi connectivity index (χ1) is 16.3. The molecule has 2 aromatic carbocycles. The molecule has 2 aliphatic heterocycles. The van der Waals surface area contributed by atoms with Crippen molar-refractivity contribution < 1.29 is 32.2 Å². The lowest BCUT2D eigenvalue weighted by molar-refractivity contribution is -0.124. The van der Waals surface area contributed by atoms with E-state index in [4.69, 9.17) is 14.2 Å². The topological polar surface area (TPSA) is 114 Å². The number of rotatable bonds is 8. The molecule has 1 amide bonds. The van der Waals surface area contributed by atoms with E-state index in [2.05, 4.69) is 5.32 Å². The molecule has 182 valence electrons. The maximum Gasteiger partial charge on any atom is 0.340 e. The molecule has 0 aromatic heterocycles. The number of carbonyl (C=O) groups is 2. The van der Waals surface area contributed by atoms with Gasteiger partial charge in [0.2, 0.25) is 16.8 Å². The van der Waals surface area contributed by atoms with Crippen LogP contribution in [0.3, 0.4) is 0 Å². The number of nitrogens with one attached hydrogen (secondary N) is 1. The zero-order valence-electron chi connectivity index (χ0n) is 19.1. The highest BCUT2D eigenvalue weighted by atomic mass is 32.2. The predicted molar refractivity (Wildman–Crippen MR) is 123 cm³/mol. The van der Waals surface area contributed by atoms with E-state index in [0.717, 1.165) is 35.8 Å². The van der Waals surface area contributed by atoms with Crippen LogP contribution in [-0.2, 0) is 26.1 Å². The van der Waals surface area contributed by atoms with Crippen molar-refractivity contribution >= 4 is 27.6 Å². The lowest BCUT2D eigenvalue weighted by Crippen LogP contribution is -2.29. The molecule has 2 aliphatic rings. The Morgan fingerprint density at radius 2 is 1.79 bits per heavy atom. The summed E-state index contributed by atoms with van der Waals surface area (Å²) in [4.78, 5) is 27.2. The molecule has 11 heteroatoms. The summed E-state index contributed by atoms with van der Waals surface area (Å²) in [7, 11) is -0.894. The SMILES string of the molecule is CN(C)S(=O)(=O)c1ccc(N2CCCC2)c(C(=O)OCC(=O)NCc2ccc3c(c2)OCO3)c1. The van der Waals surface area contributed by atoms with Crippen molar-refractivity contribution in [2.24, 2.45) is 0 Å². The zero-order chi connectivity index (χ0) is 24.3. The van der Waals surface area contributed by atoms with Gasteiger partial charge in [0.1, 0.15) is 0 Å². The van der Waals surface area contributed by atoms with Crippen molar-refractivity contribution in [3.63, 3.8) is 0 Å². The first-order valence-corrected chi connectivity index (χ1v) is 12.3. The minimum absolute atomic E-state index is 0.0142. The van der Waals surface area contributed by atoms with E-state index in [-0.39, 0.29) is 23.8 Å². The third kappa shape index (κ3) is 5.10. The molecule has 2 aromatic rings. The second-order valence-electron chi connectivity index (χ2n) is 8.20. The summed E-state index contributed by atoms with van der Waals surface area (Å²) in [6.45, 7) is 1.42. The molecule has 0 saturated carbocycles. The van der Waals surface area contributed by atoms with Crippen molar-refractivity contribution in [1.82, 2.24) is 9.62 Å². The van der Waals surface area contributed by atoms with Gasteiger partial charge >= 0.3 is 5.97 Å². The molecule has 10 nitrogen and oxygen atoms in total. The van der Waals surface area contributed by atoms with Crippen LogP contribution < -0.4 is 19.7 Å². The summed E-state index contributed by atoms with van der Waals surface area (Å²) in [5, 5.41) is 2.69. The normalized spacial score (nSPS) is 15.0. The van der Waals surface area contributed by atoms with Crippen molar-refractivity contribution in [2.45, 2.75) is 24.3 Å². The number of hydrogen-bond acceptors (Lipinski definition) is 8. The highest BCUT2D eigenvalue weighted by Crippen LogP contribution is 2.32. The number of carbonyl (C=O) groups excluding carboxylic acids is 2. The monoisotopic (exact) mass is 489 g/mol. The molecule has 1 N–H and O–H groups in total. The number of benzene rings is 2. The Morgan fingerprint density at radius 3 is 2.53 bits per heavy atom. The standard InChI is InChI=1S/C23H27N3O7S/c1-25(2)34(29,30)17-6-7-19(26-9-3-4-10-26)18(12-17)23(28)31-14-22(27)24-13-16-5-8-20-21(11-16)33-15-32-20/h5-8,11-12H,3-4,9-10,13-15H2,1-2H3,(H,24,27). The molecule has 1 saturated heterocycles. The van der Waals surface area contributed by atoms with E-state index in [1.165, 1.54) is 26.2 Å². The average Bonchev–Trinajstić information content (AvgIpc) is 3.52. The molecule has 2 heterocycles. The van der Waals surface area contributed by atoms with Gasteiger partial charge in [0.25, 0.3) is 5.91 Å². The first-order valence-electron chi connectivity index (χ1n) is 10.9. The van der Waals surface area contributed by atoms with Gasteiger partial charge in [-0.3, -0.25) is 4.79 Å².